The molecule has 1 aliphatic carbocycles. The molecule has 0 aromatic heterocycles. The Balaban J connectivity index is 1.53. The van der Waals surface area contributed by atoms with Crippen molar-refractivity contribution in [1.29, 1.82) is 0 Å². The third-order valence-electron chi connectivity index (χ3n) is 5.11. The number of nitrogens with zero attached hydrogens (tertiary/aromatic N) is 1. The van der Waals surface area contributed by atoms with Gasteiger partial charge in [0.2, 0.25) is 0 Å². The number of hydrogen-bond donors (Lipinski definition) is 2. The third-order valence-corrected chi connectivity index (χ3v) is 5.11. The molecule has 3 N–H and O–H groups in total. The minimum Gasteiger partial charge on any atom is -0.324 e. The number of unbranched alkanes of at least 4 members (excludes halogenated alkanes) is 1. The maximum atomic E-state index is 6.27. The Kier molecular flexibility index (Phi) is 4.94. The Morgan fingerprint density at radius 2 is 1.90 bits per heavy atom. The van der Waals surface area contributed by atoms with Gasteiger partial charge in [-0.1, -0.05) is 37.6 Å². The van der Waals surface area contributed by atoms with Crippen molar-refractivity contribution in [1.82, 2.24) is 10.2 Å². The van der Waals surface area contributed by atoms with Gasteiger partial charge in [-0.3, -0.25) is 0 Å². The van der Waals surface area contributed by atoms with Gasteiger partial charge in [0.1, 0.15) is 0 Å². The van der Waals surface area contributed by atoms with Crippen LogP contribution in [0.2, 0.25) is 0 Å². The van der Waals surface area contributed by atoms with E-state index < -0.39 is 0 Å². The van der Waals surface area contributed by atoms with E-state index in [-0.39, 0.29) is 6.04 Å². The lowest BCUT2D eigenvalue weighted by atomic mass is 10.0. The van der Waals surface area contributed by atoms with E-state index in [9.17, 15) is 0 Å². The van der Waals surface area contributed by atoms with E-state index in [4.69, 9.17) is 5.73 Å². The first-order valence-electron chi connectivity index (χ1n) is 8.60. The molecular formula is C18H29N3. The van der Waals surface area contributed by atoms with Crippen LogP contribution in [0.15, 0.2) is 24.3 Å². The molecule has 2 atom stereocenters. The van der Waals surface area contributed by atoms with E-state index in [1.165, 1.54) is 56.4 Å². The highest BCUT2D eigenvalue weighted by Gasteiger charge is 2.30. The molecule has 116 valence electrons. The number of piperidine rings is 1. The summed E-state index contributed by atoms with van der Waals surface area (Å²) in [5, 5.41) is 3.87. The van der Waals surface area contributed by atoms with E-state index in [2.05, 4.69) is 41.4 Å². The van der Waals surface area contributed by atoms with E-state index in [0.717, 1.165) is 6.42 Å². The van der Waals surface area contributed by atoms with Crippen molar-refractivity contribution in [2.24, 2.45) is 5.73 Å². The van der Waals surface area contributed by atoms with Crippen LogP contribution in [-0.2, 0) is 0 Å². The van der Waals surface area contributed by atoms with Gasteiger partial charge < -0.3 is 16.0 Å². The quantitative estimate of drug-likeness (QED) is 0.875. The van der Waals surface area contributed by atoms with Gasteiger partial charge in [0.15, 0.2) is 0 Å². The summed E-state index contributed by atoms with van der Waals surface area (Å²) in [7, 11) is 0. The van der Waals surface area contributed by atoms with Crippen LogP contribution in [0, 0.1) is 0 Å². The van der Waals surface area contributed by atoms with Crippen LogP contribution < -0.4 is 11.1 Å². The zero-order valence-electron chi connectivity index (χ0n) is 13.2. The van der Waals surface area contributed by atoms with Crippen LogP contribution in [0.5, 0.6) is 0 Å². The molecule has 2 aliphatic rings. The molecule has 21 heavy (non-hydrogen) atoms. The first-order valence-corrected chi connectivity index (χ1v) is 8.60. The summed E-state index contributed by atoms with van der Waals surface area (Å²) in [6, 6.07) is 10.0. The average molecular weight is 287 g/mol. The maximum absolute atomic E-state index is 6.27. The van der Waals surface area contributed by atoms with Crippen molar-refractivity contribution < 1.29 is 0 Å². The second kappa shape index (κ2) is 6.91. The molecule has 0 radical (unpaired) electrons. The summed E-state index contributed by atoms with van der Waals surface area (Å²) in [5.74, 6) is 0. The Labute approximate surface area is 128 Å². The van der Waals surface area contributed by atoms with Gasteiger partial charge in [-0.25, -0.2) is 0 Å². The monoisotopic (exact) mass is 287 g/mol. The highest BCUT2D eigenvalue weighted by molar-refractivity contribution is 5.37. The van der Waals surface area contributed by atoms with Crippen LogP contribution in [0.1, 0.15) is 62.2 Å². The fraction of sp³-hybridized carbons (Fsp3) is 0.667. The number of rotatable bonds is 5. The fourth-order valence-corrected chi connectivity index (χ4v) is 3.82. The summed E-state index contributed by atoms with van der Waals surface area (Å²) in [6.45, 7) is 6.05. The molecule has 0 bridgehead atoms. The molecule has 3 heteroatoms. The molecule has 0 amide bonds. The van der Waals surface area contributed by atoms with Crippen molar-refractivity contribution in [2.45, 2.75) is 57.2 Å². The fourth-order valence-electron chi connectivity index (χ4n) is 3.82. The summed E-state index contributed by atoms with van der Waals surface area (Å²) >= 11 is 0. The van der Waals surface area contributed by atoms with Crippen molar-refractivity contribution in [3.63, 3.8) is 0 Å². The second-order valence-corrected chi connectivity index (χ2v) is 6.66. The molecule has 1 heterocycles. The highest BCUT2D eigenvalue weighted by atomic mass is 15.1. The molecule has 3 rings (SSSR count). The highest BCUT2D eigenvalue weighted by Crippen LogP contribution is 2.37. The molecule has 1 aliphatic heterocycles. The summed E-state index contributed by atoms with van der Waals surface area (Å²) in [6.07, 6.45) is 6.24. The maximum Gasteiger partial charge on any atom is 0.0344 e. The Morgan fingerprint density at radius 1 is 1.19 bits per heavy atom. The van der Waals surface area contributed by atoms with Gasteiger partial charge in [-0.2, -0.15) is 0 Å². The first kappa shape index (κ1) is 15.0. The largest absolute Gasteiger partial charge is 0.324 e. The number of benzene rings is 1. The van der Waals surface area contributed by atoms with Gasteiger partial charge in [-0.05, 0) is 56.4 Å². The normalized spacial score (nSPS) is 27.0. The molecule has 1 saturated heterocycles. The lowest BCUT2D eigenvalue weighted by Crippen LogP contribution is -2.43. The molecule has 0 spiro atoms. The van der Waals surface area contributed by atoms with Gasteiger partial charge in [-0.15, -0.1) is 0 Å². The van der Waals surface area contributed by atoms with E-state index in [1.807, 2.05) is 0 Å². The van der Waals surface area contributed by atoms with Crippen LogP contribution in [0.3, 0.4) is 0 Å². The average Bonchev–Trinajstić information content (AvgIpc) is 2.83. The smallest absolute Gasteiger partial charge is 0.0344 e. The minimum absolute atomic E-state index is 0.211. The third kappa shape index (κ3) is 3.47. The zero-order chi connectivity index (χ0) is 14.7. The van der Waals surface area contributed by atoms with E-state index in [0.29, 0.717) is 12.1 Å². The van der Waals surface area contributed by atoms with E-state index >= 15 is 0 Å². The van der Waals surface area contributed by atoms with Crippen molar-refractivity contribution >= 4 is 0 Å². The van der Waals surface area contributed by atoms with Crippen molar-refractivity contribution in [3.8, 4) is 0 Å². The van der Waals surface area contributed by atoms with E-state index in [1.54, 1.807) is 0 Å². The summed E-state index contributed by atoms with van der Waals surface area (Å²) in [5.41, 5.74) is 9.04. The van der Waals surface area contributed by atoms with Crippen LogP contribution in [-0.4, -0.2) is 30.6 Å². The number of nitrogens with two attached hydrogens (primary N) is 1. The molecule has 1 aromatic carbocycles. The van der Waals surface area contributed by atoms with Crippen molar-refractivity contribution in [3.05, 3.63) is 35.4 Å². The number of nitrogens with one attached hydrogen (secondary N) is 1. The van der Waals surface area contributed by atoms with Gasteiger partial charge in [0, 0.05) is 18.1 Å². The lowest BCUT2D eigenvalue weighted by molar-refractivity contribution is 0.188. The van der Waals surface area contributed by atoms with Gasteiger partial charge in [0.05, 0.1) is 0 Å². The molecule has 3 nitrogen and oxygen atoms in total. The van der Waals surface area contributed by atoms with Crippen molar-refractivity contribution in [2.75, 3.05) is 19.6 Å². The zero-order valence-corrected chi connectivity index (χ0v) is 13.2. The van der Waals surface area contributed by atoms with Gasteiger partial charge >= 0.3 is 0 Å². The molecule has 1 fully saturated rings. The van der Waals surface area contributed by atoms with Crippen LogP contribution in [0.25, 0.3) is 0 Å². The predicted octanol–water partition coefficient (Wildman–Crippen LogP) is 2.99. The van der Waals surface area contributed by atoms with Crippen LogP contribution in [0.4, 0.5) is 0 Å². The molecule has 1 aromatic rings. The lowest BCUT2D eigenvalue weighted by Gasteiger charge is -2.34. The summed E-state index contributed by atoms with van der Waals surface area (Å²) in [4.78, 5) is 2.62. The SMILES string of the molecule is CCCCN1CCC(NC2CC(N)c3ccccc32)CC1. The Bertz CT molecular complexity index is 452. The Morgan fingerprint density at radius 3 is 2.62 bits per heavy atom. The number of fused-ring (bicyclic) bond motifs is 1. The predicted molar refractivity (Wildman–Crippen MR) is 88.2 cm³/mol. The minimum atomic E-state index is 0.211. The first-order chi connectivity index (χ1) is 10.3. The molecule has 0 saturated carbocycles. The standard InChI is InChI=1S/C18H29N3/c1-2-3-10-21-11-8-14(9-12-21)20-18-13-17(19)15-6-4-5-7-16(15)18/h4-7,14,17-18,20H,2-3,8-13,19H2,1H3. The van der Waals surface area contributed by atoms with Gasteiger partial charge in [0.25, 0.3) is 0 Å². The second-order valence-electron chi connectivity index (χ2n) is 6.66. The topological polar surface area (TPSA) is 41.3 Å². The van der Waals surface area contributed by atoms with Crippen LogP contribution >= 0.6 is 0 Å². The number of likely N-dealkylation sites (tertiary alicyclic amines) is 1. The molecular weight excluding hydrogens is 258 g/mol. The number of hydrogen-bond acceptors (Lipinski definition) is 3. The Hall–Kier alpha value is -0.900. The molecule has 2 unspecified atom stereocenters. The summed E-state index contributed by atoms with van der Waals surface area (Å²) < 4.78 is 0.